The van der Waals surface area contributed by atoms with Crippen LogP contribution in [-0.2, 0) is 14.8 Å². The lowest BCUT2D eigenvalue weighted by Crippen LogP contribution is -2.35. The molecule has 0 heterocycles. The summed E-state index contributed by atoms with van der Waals surface area (Å²) < 4.78 is 27.3. The van der Waals surface area contributed by atoms with Crippen LogP contribution < -0.4 is 4.31 Å². The lowest BCUT2D eigenvalue weighted by atomic mass is 10.3. The molecule has 0 atom stereocenters. The van der Waals surface area contributed by atoms with E-state index in [0.717, 1.165) is 4.31 Å². The van der Waals surface area contributed by atoms with Crippen molar-refractivity contribution in [1.29, 1.82) is 0 Å². The topological polar surface area (TPSA) is 54.5 Å². The molecule has 4 nitrogen and oxygen atoms in total. The van der Waals surface area contributed by atoms with Gasteiger partial charge in [-0.15, -0.1) is 0 Å². The maximum Gasteiger partial charge on any atom is 0.264 e. The fourth-order valence-electron chi connectivity index (χ4n) is 1.80. The number of halogens is 3. The first kappa shape index (κ1) is 17.5. The third-order valence-electron chi connectivity index (χ3n) is 2.79. The van der Waals surface area contributed by atoms with Crippen LogP contribution in [-0.4, -0.2) is 20.2 Å². The third-order valence-corrected chi connectivity index (χ3v) is 5.85. The van der Waals surface area contributed by atoms with E-state index in [0.29, 0.717) is 14.3 Å². The van der Waals surface area contributed by atoms with Gasteiger partial charge < -0.3 is 0 Å². The van der Waals surface area contributed by atoms with Crippen molar-refractivity contribution in [2.75, 3.05) is 10.8 Å². The molecule has 0 aliphatic carbocycles. The molecule has 8 heteroatoms. The molecule has 2 rings (SSSR count). The van der Waals surface area contributed by atoms with E-state index in [1.807, 2.05) is 22.6 Å². The normalized spacial score (nSPS) is 11.2. The Balaban J connectivity index is 2.56. The fraction of sp³-hybridized carbons (Fsp3) is 0.0714. The van der Waals surface area contributed by atoms with E-state index in [2.05, 4.69) is 0 Å². The van der Waals surface area contributed by atoms with Crippen LogP contribution >= 0.6 is 45.8 Å². The SMILES string of the molecule is O=C(Cl)CN(c1ccccc1I)S(=O)(=O)c1ccc(Cl)cc1. The molecule has 0 bridgehead atoms. The molecule has 0 N–H and O–H groups in total. The van der Waals surface area contributed by atoms with Gasteiger partial charge in [-0.05, 0) is 70.6 Å². The van der Waals surface area contributed by atoms with Gasteiger partial charge in [0.25, 0.3) is 10.0 Å². The summed E-state index contributed by atoms with van der Waals surface area (Å²) in [7, 11) is -3.92. The predicted octanol–water partition coefficient (Wildman–Crippen LogP) is 3.91. The van der Waals surface area contributed by atoms with E-state index in [4.69, 9.17) is 23.2 Å². The Morgan fingerprint density at radius 2 is 1.68 bits per heavy atom. The second-order valence-corrected chi connectivity index (χ2v) is 8.15. The zero-order chi connectivity index (χ0) is 16.3. The van der Waals surface area contributed by atoms with E-state index in [1.54, 1.807) is 24.3 Å². The highest BCUT2D eigenvalue weighted by Crippen LogP contribution is 2.28. The number of hydrogen-bond acceptors (Lipinski definition) is 3. The summed E-state index contributed by atoms with van der Waals surface area (Å²) in [5.74, 6) is 0. The average molecular weight is 470 g/mol. The van der Waals surface area contributed by atoms with Gasteiger partial charge in [-0.25, -0.2) is 8.42 Å². The predicted molar refractivity (Wildman–Crippen MR) is 96.0 cm³/mol. The first-order chi connectivity index (χ1) is 10.3. The summed E-state index contributed by atoms with van der Waals surface area (Å²) >= 11 is 13.2. The largest absolute Gasteiger partial charge is 0.279 e. The summed E-state index contributed by atoms with van der Waals surface area (Å²) in [6.45, 7) is -0.452. The molecule has 0 amide bonds. The Bertz CT molecular complexity index is 794. The molecule has 2 aromatic carbocycles. The Labute approximate surface area is 152 Å². The van der Waals surface area contributed by atoms with Gasteiger partial charge in [-0.3, -0.25) is 9.10 Å². The Morgan fingerprint density at radius 3 is 2.23 bits per heavy atom. The van der Waals surface area contributed by atoms with Gasteiger partial charge in [0, 0.05) is 8.59 Å². The van der Waals surface area contributed by atoms with Gasteiger partial charge in [-0.2, -0.15) is 0 Å². The molecule has 0 spiro atoms. The van der Waals surface area contributed by atoms with E-state index >= 15 is 0 Å². The average Bonchev–Trinajstić information content (AvgIpc) is 2.46. The first-order valence-electron chi connectivity index (χ1n) is 6.03. The van der Waals surface area contributed by atoms with Crippen LogP contribution in [0.15, 0.2) is 53.4 Å². The Kier molecular flexibility index (Phi) is 5.70. The summed E-state index contributed by atoms with van der Waals surface area (Å²) in [5, 5.41) is -0.342. The smallest absolute Gasteiger partial charge is 0.264 e. The third kappa shape index (κ3) is 3.92. The number of para-hydroxylation sites is 1. The van der Waals surface area contributed by atoms with Crippen molar-refractivity contribution in [1.82, 2.24) is 0 Å². The number of anilines is 1. The molecule has 0 fully saturated rings. The number of benzene rings is 2. The van der Waals surface area contributed by atoms with Crippen molar-refractivity contribution in [3.63, 3.8) is 0 Å². The molecule has 116 valence electrons. The van der Waals surface area contributed by atoms with Crippen LogP contribution in [0.25, 0.3) is 0 Å². The van der Waals surface area contributed by atoms with Gasteiger partial charge in [0.2, 0.25) is 5.24 Å². The highest BCUT2D eigenvalue weighted by atomic mass is 127. The van der Waals surface area contributed by atoms with E-state index < -0.39 is 21.8 Å². The molecule has 0 aliphatic rings. The van der Waals surface area contributed by atoms with Crippen LogP contribution in [0, 0.1) is 3.57 Å². The number of nitrogens with zero attached hydrogens (tertiary/aromatic N) is 1. The maximum atomic E-state index is 12.8. The summed E-state index contributed by atoms with van der Waals surface area (Å²) in [4.78, 5) is 11.3. The number of sulfonamides is 1. The highest BCUT2D eigenvalue weighted by Gasteiger charge is 2.27. The molecule has 22 heavy (non-hydrogen) atoms. The van der Waals surface area contributed by atoms with Crippen molar-refractivity contribution in [2.24, 2.45) is 0 Å². The molecule has 0 unspecified atom stereocenters. The number of hydrogen-bond donors (Lipinski definition) is 0. The van der Waals surface area contributed by atoms with Gasteiger partial charge in [0.1, 0.15) is 6.54 Å². The van der Waals surface area contributed by atoms with Crippen molar-refractivity contribution in [3.8, 4) is 0 Å². The van der Waals surface area contributed by atoms with Crippen molar-refractivity contribution >= 4 is 66.7 Å². The molecule has 0 aliphatic heterocycles. The second kappa shape index (κ2) is 7.16. The van der Waals surface area contributed by atoms with E-state index in [1.165, 1.54) is 24.3 Å². The summed E-state index contributed by atoms with van der Waals surface area (Å²) in [5.41, 5.74) is 0.395. The number of rotatable bonds is 5. The molecule has 2 aromatic rings. The zero-order valence-electron chi connectivity index (χ0n) is 11.0. The lowest BCUT2D eigenvalue weighted by molar-refractivity contribution is -0.110. The van der Waals surface area contributed by atoms with Gasteiger partial charge in [0.05, 0.1) is 10.6 Å². The first-order valence-corrected chi connectivity index (χ1v) is 9.31. The summed E-state index contributed by atoms with van der Waals surface area (Å²) in [6.07, 6.45) is 0. The number of carbonyl (C=O) groups excluding carboxylic acids is 1. The molecule has 0 saturated carbocycles. The van der Waals surface area contributed by atoms with Crippen molar-refractivity contribution < 1.29 is 13.2 Å². The fourth-order valence-corrected chi connectivity index (χ4v) is 4.40. The van der Waals surface area contributed by atoms with Crippen molar-refractivity contribution in [2.45, 2.75) is 4.90 Å². The molecule has 0 saturated heterocycles. The highest BCUT2D eigenvalue weighted by molar-refractivity contribution is 14.1. The summed E-state index contributed by atoms with van der Waals surface area (Å²) in [6, 6.07) is 12.6. The van der Waals surface area contributed by atoms with E-state index in [-0.39, 0.29) is 4.90 Å². The van der Waals surface area contributed by atoms with Crippen molar-refractivity contribution in [3.05, 3.63) is 57.1 Å². The minimum atomic E-state index is -3.92. The zero-order valence-corrected chi connectivity index (χ0v) is 15.5. The Hall–Kier alpha value is -0.830. The van der Waals surface area contributed by atoms with Crippen LogP contribution in [0.2, 0.25) is 5.02 Å². The molecule has 0 radical (unpaired) electrons. The standard InChI is InChI=1S/C14H10Cl2INO3S/c15-10-5-7-11(8-6-10)22(20,21)18(9-14(16)19)13-4-2-1-3-12(13)17/h1-8H,9H2. The molecule has 0 aromatic heterocycles. The van der Waals surface area contributed by atoms with E-state index in [9.17, 15) is 13.2 Å². The van der Waals surface area contributed by atoms with Crippen LogP contribution in [0.3, 0.4) is 0 Å². The van der Waals surface area contributed by atoms with Gasteiger partial charge >= 0.3 is 0 Å². The minimum Gasteiger partial charge on any atom is -0.279 e. The number of carbonyl (C=O) groups is 1. The molecular weight excluding hydrogens is 460 g/mol. The second-order valence-electron chi connectivity index (χ2n) is 4.27. The minimum absolute atomic E-state index is 0.0365. The van der Waals surface area contributed by atoms with Gasteiger partial charge in [0.15, 0.2) is 0 Å². The van der Waals surface area contributed by atoms with Crippen LogP contribution in [0.1, 0.15) is 0 Å². The molecular formula is C14H10Cl2INO3S. The Morgan fingerprint density at radius 1 is 1.09 bits per heavy atom. The quantitative estimate of drug-likeness (QED) is 0.492. The lowest BCUT2D eigenvalue weighted by Gasteiger charge is -2.24. The maximum absolute atomic E-state index is 12.8. The van der Waals surface area contributed by atoms with Crippen LogP contribution in [0.5, 0.6) is 0 Å². The van der Waals surface area contributed by atoms with Crippen LogP contribution in [0.4, 0.5) is 5.69 Å². The monoisotopic (exact) mass is 469 g/mol. The van der Waals surface area contributed by atoms with Gasteiger partial charge in [-0.1, -0.05) is 23.7 Å².